The van der Waals surface area contributed by atoms with E-state index in [9.17, 15) is 13.2 Å². The molecular formula is C32H30F3N2OSi+. The minimum absolute atomic E-state index is 0.00937. The van der Waals surface area contributed by atoms with E-state index in [0.29, 0.717) is 10.8 Å². The van der Waals surface area contributed by atoms with Crippen molar-refractivity contribution in [3.8, 4) is 33.5 Å². The Morgan fingerprint density at radius 1 is 0.949 bits per heavy atom. The molecule has 0 saturated carbocycles. The summed E-state index contributed by atoms with van der Waals surface area (Å²) in [7, 11) is -1.11. The van der Waals surface area contributed by atoms with Crippen LogP contribution in [0.1, 0.15) is 40.5 Å². The number of pyridine rings is 1. The molecule has 3 nitrogen and oxygen atoms in total. The van der Waals surface area contributed by atoms with Crippen molar-refractivity contribution in [2.75, 3.05) is 0 Å². The molecule has 0 saturated heterocycles. The summed E-state index contributed by atoms with van der Waals surface area (Å²) in [4.78, 5) is 3.94. The second kappa shape index (κ2) is 8.39. The number of hydrogen-bond donors (Lipinski definition) is 0. The van der Waals surface area contributed by atoms with Gasteiger partial charge in [-0.2, -0.15) is 13.2 Å². The van der Waals surface area contributed by atoms with Gasteiger partial charge in [-0.25, -0.2) is 9.55 Å². The number of halogens is 3. The Labute approximate surface area is 239 Å². The number of rotatable bonds is 2. The van der Waals surface area contributed by atoms with Crippen LogP contribution >= 0.6 is 0 Å². The number of benzene rings is 3. The van der Waals surface area contributed by atoms with Crippen LogP contribution in [0.4, 0.5) is 13.2 Å². The van der Waals surface area contributed by atoms with Gasteiger partial charge in [-0.3, -0.25) is 0 Å². The van der Waals surface area contributed by atoms with E-state index in [-0.39, 0.29) is 44.6 Å². The summed E-state index contributed by atoms with van der Waals surface area (Å²) in [5.41, 5.74) is -0.559. The fraction of sp³-hybridized carbons (Fsp3) is 0.250. The lowest BCUT2D eigenvalue weighted by atomic mass is 9.90. The van der Waals surface area contributed by atoms with Crippen molar-refractivity contribution in [3.63, 3.8) is 0 Å². The van der Waals surface area contributed by atoms with Crippen molar-refractivity contribution in [1.29, 1.82) is 0 Å². The average molecular weight is 553 g/mol. The summed E-state index contributed by atoms with van der Waals surface area (Å²) in [5, 5.41) is 1.57. The number of oxazole rings is 1. The zero-order valence-corrected chi connectivity index (χ0v) is 22.6. The van der Waals surface area contributed by atoms with Gasteiger partial charge in [0.15, 0.2) is 17.7 Å². The summed E-state index contributed by atoms with van der Waals surface area (Å²) in [6.45, 7) is -2.89. The van der Waals surface area contributed by atoms with Crippen molar-refractivity contribution in [2.45, 2.75) is 46.7 Å². The maximum absolute atomic E-state index is 14.4. The molecule has 0 atom stereocenters. The van der Waals surface area contributed by atoms with Gasteiger partial charge in [-0.05, 0) is 76.0 Å². The predicted molar refractivity (Wildman–Crippen MR) is 152 cm³/mol. The molecule has 198 valence electrons. The summed E-state index contributed by atoms with van der Waals surface area (Å²) in [6.07, 6.45) is -3.42. The van der Waals surface area contributed by atoms with Gasteiger partial charge in [0.2, 0.25) is 5.69 Å². The van der Waals surface area contributed by atoms with Crippen LogP contribution in [0.15, 0.2) is 59.1 Å². The smallest absolute Gasteiger partial charge is 0.420 e. The second-order valence-corrected chi connectivity index (χ2v) is 14.8. The third kappa shape index (κ3) is 3.70. The minimum Gasteiger partial charge on any atom is -0.440 e. The quantitative estimate of drug-likeness (QED) is 0.174. The third-order valence-corrected chi connectivity index (χ3v) is 11.3. The third-order valence-electron chi connectivity index (χ3n) is 7.78. The minimum atomic E-state index is -4.95. The normalized spacial score (nSPS) is 18.5. The lowest BCUT2D eigenvalue weighted by Crippen LogP contribution is -2.50. The topological polar surface area (TPSA) is 29.9 Å². The van der Waals surface area contributed by atoms with Gasteiger partial charge in [-0.1, -0.05) is 43.4 Å². The van der Waals surface area contributed by atoms with Gasteiger partial charge in [0, 0.05) is 31.3 Å². The SMILES string of the molecule is [2H]C([2H])([2H])c1nc2c(C)c(-c3cc(-c4c(C([2H])([2H])[2H])cc5c(c4C([2H])([2H])[2H])[Si](C)(C)c4ccccc4-5)cc[n+]3C)cc(C(F)(F)F)c2o1. The zero-order valence-electron chi connectivity index (χ0n) is 30.6. The Morgan fingerprint density at radius 3 is 2.46 bits per heavy atom. The molecule has 0 unspecified atom stereocenters. The largest absolute Gasteiger partial charge is 0.440 e. The van der Waals surface area contributed by atoms with Gasteiger partial charge in [0.25, 0.3) is 0 Å². The molecular weight excluding hydrogens is 513 g/mol. The van der Waals surface area contributed by atoms with E-state index in [0.717, 1.165) is 16.8 Å². The molecule has 0 radical (unpaired) electrons. The number of fused-ring (bicyclic) bond motifs is 4. The Kier molecular flexibility index (Phi) is 3.67. The summed E-state index contributed by atoms with van der Waals surface area (Å²) < 4.78 is 125. The molecule has 0 fully saturated rings. The van der Waals surface area contributed by atoms with Crippen LogP contribution < -0.4 is 14.9 Å². The van der Waals surface area contributed by atoms with E-state index in [1.807, 2.05) is 37.4 Å². The van der Waals surface area contributed by atoms with E-state index in [1.165, 1.54) is 23.8 Å². The predicted octanol–water partition coefficient (Wildman–Crippen LogP) is 7.04. The molecule has 3 aromatic carbocycles. The molecule has 0 N–H and O–H groups in total. The first kappa shape index (κ1) is 17.1. The molecule has 7 heteroatoms. The molecule has 1 aliphatic rings. The number of aryl methyl sites for hydroxylation is 4. The highest BCUT2D eigenvalue weighted by Crippen LogP contribution is 2.41. The maximum Gasteiger partial charge on any atom is 0.420 e. The first-order chi connectivity index (χ1) is 21.9. The molecule has 0 spiro atoms. The molecule has 5 aromatic rings. The van der Waals surface area contributed by atoms with E-state index < -0.39 is 51.8 Å². The highest BCUT2D eigenvalue weighted by atomic mass is 28.3. The average Bonchev–Trinajstić information content (AvgIpc) is 3.50. The van der Waals surface area contributed by atoms with E-state index in [4.69, 9.17) is 16.8 Å². The van der Waals surface area contributed by atoms with E-state index >= 15 is 0 Å². The molecule has 3 heterocycles. The van der Waals surface area contributed by atoms with Crippen molar-refractivity contribution < 1.29 is 34.5 Å². The summed E-state index contributed by atoms with van der Waals surface area (Å²) in [6, 6.07) is 12.9. The van der Waals surface area contributed by atoms with Crippen LogP contribution in [-0.4, -0.2) is 13.1 Å². The van der Waals surface area contributed by atoms with Crippen molar-refractivity contribution >= 4 is 29.5 Å². The van der Waals surface area contributed by atoms with Crippen LogP contribution in [0.3, 0.4) is 0 Å². The lowest BCUT2D eigenvalue weighted by Gasteiger charge is -2.24. The van der Waals surface area contributed by atoms with Crippen LogP contribution in [-0.2, 0) is 13.2 Å². The molecule has 0 bridgehead atoms. The number of alkyl halides is 3. The Balaban J connectivity index is 1.71. The molecule has 0 aliphatic carbocycles. The number of hydrogen-bond acceptors (Lipinski definition) is 2. The summed E-state index contributed by atoms with van der Waals surface area (Å²) in [5.74, 6) is -0.836. The van der Waals surface area contributed by atoms with Crippen LogP contribution in [0.2, 0.25) is 13.1 Å². The Hall–Kier alpha value is -3.71. The summed E-state index contributed by atoms with van der Waals surface area (Å²) >= 11 is 0. The van der Waals surface area contributed by atoms with E-state index in [1.54, 1.807) is 19.2 Å². The van der Waals surface area contributed by atoms with Gasteiger partial charge in [0.1, 0.15) is 26.2 Å². The Bertz CT molecular complexity index is 2150. The Morgan fingerprint density at radius 2 is 1.74 bits per heavy atom. The maximum atomic E-state index is 14.4. The van der Waals surface area contributed by atoms with Crippen LogP contribution in [0, 0.1) is 27.5 Å². The molecule has 2 aromatic heterocycles. The van der Waals surface area contributed by atoms with Crippen molar-refractivity contribution in [1.82, 2.24) is 4.98 Å². The fourth-order valence-electron chi connectivity index (χ4n) is 5.91. The standard InChI is InChI=1S/C32H30F3N2OSi/c1-17-14-24-22-10-8-9-11-27(22)39(6,7)31(24)19(3)28(17)21-12-13-37(5)26(15-21)23-16-25(32(33,34)35)30-29(18(23)2)36-20(4)38-30/h8-16H,1-7H3/q+1/i1D3,3D3,4D3. The molecule has 0 amide bonds. The number of aromatic nitrogens is 2. The first-order valence-electron chi connectivity index (χ1n) is 16.8. The van der Waals surface area contributed by atoms with Crippen molar-refractivity contribution in [2.24, 2.45) is 7.05 Å². The second-order valence-electron chi connectivity index (χ2n) is 10.5. The molecule has 39 heavy (non-hydrogen) atoms. The van der Waals surface area contributed by atoms with Crippen LogP contribution in [0.5, 0.6) is 0 Å². The number of nitrogens with zero attached hydrogens (tertiary/aromatic N) is 2. The van der Waals surface area contributed by atoms with Gasteiger partial charge in [0.05, 0.1) is 5.56 Å². The lowest BCUT2D eigenvalue weighted by molar-refractivity contribution is -0.660. The highest BCUT2D eigenvalue weighted by Gasteiger charge is 2.40. The van der Waals surface area contributed by atoms with E-state index in [2.05, 4.69) is 4.98 Å². The molecule has 6 rings (SSSR count). The van der Waals surface area contributed by atoms with Crippen LogP contribution in [0.25, 0.3) is 44.6 Å². The van der Waals surface area contributed by atoms with Crippen molar-refractivity contribution in [3.05, 3.63) is 82.9 Å². The van der Waals surface area contributed by atoms with Gasteiger partial charge >= 0.3 is 6.18 Å². The monoisotopic (exact) mass is 552 g/mol. The molecule has 1 aliphatic heterocycles. The first-order valence-corrected chi connectivity index (χ1v) is 15.3. The fourth-order valence-corrected chi connectivity index (χ4v) is 9.22. The van der Waals surface area contributed by atoms with Gasteiger partial charge < -0.3 is 4.42 Å². The highest BCUT2D eigenvalue weighted by molar-refractivity contribution is 7.04. The van der Waals surface area contributed by atoms with Gasteiger partial charge in [-0.15, -0.1) is 0 Å². The zero-order chi connectivity index (χ0) is 35.5.